The second-order valence-electron chi connectivity index (χ2n) is 6.93. The highest BCUT2D eigenvalue weighted by molar-refractivity contribution is 5.99. The fourth-order valence-corrected chi connectivity index (χ4v) is 2.48. The van der Waals surface area contributed by atoms with E-state index in [4.69, 9.17) is 4.74 Å². The fraction of sp³-hybridized carbons (Fsp3) is 0.474. The van der Waals surface area contributed by atoms with Crippen LogP contribution in [0.3, 0.4) is 0 Å². The van der Waals surface area contributed by atoms with E-state index in [9.17, 15) is 4.79 Å². The molecule has 0 aromatic heterocycles. The molecule has 24 heavy (non-hydrogen) atoms. The molecule has 1 aliphatic heterocycles. The quantitative estimate of drug-likeness (QED) is 0.797. The van der Waals surface area contributed by atoms with Gasteiger partial charge in [0.1, 0.15) is 11.4 Å². The first-order valence-electron chi connectivity index (χ1n) is 8.29. The van der Waals surface area contributed by atoms with Crippen molar-refractivity contribution in [2.75, 3.05) is 26.2 Å². The number of amides is 1. The molecule has 1 fully saturated rings. The molecule has 0 N–H and O–H groups in total. The Morgan fingerprint density at radius 2 is 1.62 bits per heavy atom. The first-order valence-corrected chi connectivity index (χ1v) is 8.29. The second-order valence-corrected chi connectivity index (χ2v) is 6.93. The summed E-state index contributed by atoms with van der Waals surface area (Å²) in [5.41, 5.74) is 1.57. The maximum Gasteiger partial charge on any atom is 0.410 e. The molecule has 0 atom stereocenters. The highest BCUT2D eigenvalue weighted by Gasteiger charge is 2.26. The summed E-state index contributed by atoms with van der Waals surface area (Å²) in [5.74, 6) is 0.736. The van der Waals surface area contributed by atoms with Gasteiger partial charge in [-0.25, -0.2) is 9.79 Å². The van der Waals surface area contributed by atoms with Gasteiger partial charge in [-0.3, -0.25) is 0 Å². The molecule has 0 unspecified atom stereocenters. The van der Waals surface area contributed by atoms with E-state index < -0.39 is 5.60 Å². The van der Waals surface area contributed by atoms with Crippen LogP contribution in [0.5, 0.6) is 0 Å². The van der Waals surface area contributed by atoms with Crippen molar-refractivity contribution in [1.29, 1.82) is 0 Å². The van der Waals surface area contributed by atoms with E-state index in [1.54, 1.807) is 4.90 Å². The Labute approximate surface area is 144 Å². The van der Waals surface area contributed by atoms with Crippen molar-refractivity contribution in [2.24, 2.45) is 4.99 Å². The molecule has 1 aromatic rings. The van der Waals surface area contributed by atoms with Crippen LogP contribution in [0.1, 0.15) is 33.3 Å². The molecule has 0 radical (unpaired) electrons. The summed E-state index contributed by atoms with van der Waals surface area (Å²) in [4.78, 5) is 20.5. The van der Waals surface area contributed by atoms with Crippen molar-refractivity contribution >= 4 is 11.8 Å². The van der Waals surface area contributed by atoms with Gasteiger partial charge in [0.15, 0.2) is 0 Å². The number of ether oxygens (including phenoxy) is 1. The molecule has 2 rings (SSSR count). The highest BCUT2D eigenvalue weighted by Crippen LogP contribution is 2.15. The number of hydrogen-bond donors (Lipinski definition) is 0. The summed E-state index contributed by atoms with van der Waals surface area (Å²) in [6.45, 7) is 14.4. The van der Waals surface area contributed by atoms with Gasteiger partial charge in [0.2, 0.25) is 0 Å². The zero-order valence-corrected chi connectivity index (χ0v) is 15.1. The van der Waals surface area contributed by atoms with Crippen LogP contribution in [0, 0.1) is 0 Å². The molecule has 0 aliphatic carbocycles. The Morgan fingerprint density at radius 1 is 1.08 bits per heavy atom. The predicted molar refractivity (Wildman–Crippen MR) is 97.2 cm³/mol. The van der Waals surface area contributed by atoms with Crippen LogP contribution in [0.15, 0.2) is 47.7 Å². The van der Waals surface area contributed by atoms with Gasteiger partial charge in [-0.2, -0.15) is 0 Å². The largest absolute Gasteiger partial charge is 0.444 e. The zero-order valence-electron chi connectivity index (χ0n) is 15.1. The Hall–Kier alpha value is -2.30. The van der Waals surface area contributed by atoms with Crippen LogP contribution in [-0.4, -0.2) is 53.4 Å². The van der Waals surface area contributed by atoms with Gasteiger partial charge < -0.3 is 14.5 Å². The number of rotatable bonds is 3. The summed E-state index contributed by atoms with van der Waals surface area (Å²) >= 11 is 0. The Kier molecular flexibility index (Phi) is 5.65. The van der Waals surface area contributed by atoms with Crippen molar-refractivity contribution < 1.29 is 9.53 Å². The van der Waals surface area contributed by atoms with Crippen molar-refractivity contribution in [3.63, 3.8) is 0 Å². The number of carbonyl (C=O) groups is 1. The third kappa shape index (κ3) is 5.11. The smallest absolute Gasteiger partial charge is 0.410 e. The minimum absolute atomic E-state index is 0.253. The standard InChI is InChI=1S/C19H27N3O2/c1-15(17-9-7-6-8-10-17)20-16(2)21-11-13-22(14-12-21)18(23)24-19(3,4)5/h6-10H,2,11-14H2,1,3-5H3/b20-15+. The molecular formula is C19H27N3O2. The third-order valence-corrected chi connectivity index (χ3v) is 3.78. The summed E-state index contributed by atoms with van der Waals surface area (Å²) < 4.78 is 5.41. The normalized spacial score (nSPS) is 16.1. The van der Waals surface area contributed by atoms with E-state index >= 15 is 0 Å². The fourth-order valence-electron chi connectivity index (χ4n) is 2.48. The Morgan fingerprint density at radius 3 is 2.17 bits per heavy atom. The molecule has 1 saturated heterocycles. The monoisotopic (exact) mass is 329 g/mol. The van der Waals surface area contributed by atoms with Crippen LogP contribution in [0.25, 0.3) is 0 Å². The maximum absolute atomic E-state index is 12.1. The van der Waals surface area contributed by atoms with Crippen LogP contribution >= 0.6 is 0 Å². The highest BCUT2D eigenvalue weighted by atomic mass is 16.6. The minimum Gasteiger partial charge on any atom is -0.444 e. The lowest BCUT2D eigenvalue weighted by Crippen LogP contribution is -2.49. The van der Waals surface area contributed by atoms with Gasteiger partial charge in [-0.1, -0.05) is 36.9 Å². The molecule has 130 valence electrons. The number of carbonyl (C=O) groups excluding carboxylic acids is 1. The Bertz CT molecular complexity index is 609. The van der Waals surface area contributed by atoms with Crippen molar-refractivity contribution in [3.05, 3.63) is 48.3 Å². The molecule has 1 aliphatic rings. The van der Waals surface area contributed by atoms with Gasteiger partial charge in [0.05, 0.1) is 0 Å². The van der Waals surface area contributed by atoms with Gasteiger partial charge in [0.25, 0.3) is 0 Å². The van der Waals surface area contributed by atoms with Crippen molar-refractivity contribution in [1.82, 2.24) is 9.80 Å². The summed E-state index contributed by atoms with van der Waals surface area (Å²) in [6.07, 6.45) is -0.253. The van der Waals surface area contributed by atoms with Crippen LogP contribution in [0.2, 0.25) is 0 Å². The SMILES string of the molecule is C=C(/N=C(\C)c1ccccc1)N1CCN(C(=O)OC(C)(C)C)CC1. The van der Waals surface area contributed by atoms with E-state index in [-0.39, 0.29) is 6.09 Å². The molecule has 1 aromatic carbocycles. The average molecular weight is 329 g/mol. The van der Waals surface area contributed by atoms with Gasteiger partial charge in [0, 0.05) is 31.9 Å². The summed E-state index contributed by atoms with van der Waals surface area (Å²) in [5, 5.41) is 0. The predicted octanol–water partition coefficient (Wildman–Crippen LogP) is 3.52. The topological polar surface area (TPSA) is 45.1 Å². The first-order chi connectivity index (χ1) is 11.3. The zero-order chi connectivity index (χ0) is 17.7. The van der Waals surface area contributed by atoms with Crippen molar-refractivity contribution in [2.45, 2.75) is 33.3 Å². The molecule has 1 heterocycles. The number of benzene rings is 1. The number of aliphatic imine (C=N–C) groups is 1. The van der Waals surface area contributed by atoms with E-state index in [2.05, 4.69) is 16.5 Å². The molecule has 0 spiro atoms. The number of piperazine rings is 1. The van der Waals surface area contributed by atoms with Crippen LogP contribution in [0.4, 0.5) is 4.79 Å². The van der Waals surface area contributed by atoms with Gasteiger partial charge in [-0.15, -0.1) is 0 Å². The third-order valence-electron chi connectivity index (χ3n) is 3.78. The minimum atomic E-state index is -0.463. The lowest BCUT2D eigenvalue weighted by Gasteiger charge is -2.36. The lowest BCUT2D eigenvalue weighted by molar-refractivity contribution is 0.0168. The number of hydrogen-bond acceptors (Lipinski definition) is 4. The first kappa shape index (κ1) is 18.0. The summed E-state index contributed by atoms with van der Waals surface area (Å²) in [6, 6.07) is 10.0. The van der Waals surface area contributed by atoms with Crippen molar-refractivity contribution in [3.8, 4) is 0 Å². The van der Waals surface area contributed by atoms with E-state index in [1.807, 2.05) is 58.0 Å². The number of nitrogens with zero attached hydrogens (tertiary/aromatic N) is 3. The average Bonchev–Trinajstić information content (AvgIpc) is 2.54. The van der Waals surface area contributed by atoms with E-state index in [1.165, 1.54) is 0 Å². The van der Waals surface area contributed by atoms with Crippen LogP contribution < -0.4 is 0 Å². The molecule has 1 amide bonds. The second kappa shape index (κ2) is 7.51. The Balaban J connectivity index is 1.90. The van der Waals surface area contributed by atoms with E-state index in [0.717, 1.165) is 17.1 Å². The maximum atomic E-state index is 12.1. The van der Waals surface area contributed by atoms with Gasteiger partial charge in [-0.05, 0) is 33.3 Å². The molecule has 5 heteroatoms. The lowest BCUT2D eigenvalue weighted by atomic mass is 10.1. The van der Waals surface area contributed by atoms with Gasteiger partial charge >= 0.3 is 6.09 Å². The molecule has 0 bridgehead atoms. The molecule has 5 nitrogen and oxygen atoms in total. The van der Waals surface area contributed by atoms with E-state index in [0.29, 0.717) is 26.2 Å². The van der Waals surface area contributed by atoms with Crippen LogP contribution in [-0.2, 0) is 4.74 Å². The molecule has 0 saturated carbocycles. The molecular weight excluding hydrogens is 302 g/mol. The summed E-state index contributed by atoms with van der Waals surface area (Å²) in [7, 11) is 0.